The van der Waals surface area contributed by atoms with Crippen LogP contribution >= 0.6 is 11.3 Å². The number of nitrogens with zero attached hydrogens (tertiary/aromatic N) is 2. The van der Waals surface area contributed by atoms with E-state index in [0.29, 0.717) is 17.9 Å². The van der Waals surface area contributed by atoms with E-state index in [9.17, 15) is 15.3 Å². The van der Waals surface area contributed by atoms with E-state index < -0.39 is 29.8 Å². The quantitative estimate of drug-likeness (QED) is 0.555. The topological polar surface area (TPSA) is 125 Å². The Morgan fingerprint density at radius 2 is 2.04 bits per heavy atom. The van der Waals surface area contributed by atoms with Crippen molar-refractivity contribution in [2.75, 3.05) is 11.1 Å². The second-order valence-corrected chi connectivity index (χ2v) is 8.03. The molecule has 2 heterocycles. The lowest BCUT2D eigenvalue weighted by atomic mass is 9.88. The van der Waals surface area contributed by atoms with E-state index in [1.54, 1.807) is 26.1 Å². The molecule has 2 aromatic heterocycles. The summed E-state index contributed by atoms with van der Waals surface area (Å²) in [5.41, 5.74) is 7.16. The summed E-state index contributed by atoms with van der Waals surface area (Å²) in [6, 6.07) is 1.29. The van der Waals surface area contributed by atoms with Gasteiger partial charge in [-0.25, -0.2) is 9.97 Å². The highest BCUT2D eigenvalue weighted by molar-refractivity contribution is 7.13. The van der Waals surface area contributed by atoms with Crippen LogP contribution in [-0.4, -0.2) is 49.1 Å². The number of aliphatic hydroxyl groups excluding tert-OH is 2. The smallest absolute Gasteiger partial charge is 0.127 e. The fourth-order valence-corrected chi connectivity index (χ4v) is 4.14. The zero-order chi connectivity index (χ0) is 18.4. The van der Waals surface area contributed by atoms with Crippen LogP contribution in [-0.2, 0) is 0 Å². The van der Waals surface area contributed by atoms with Crippen LogP contribution in [0.2, 0.25) is 0 Å². The zero-order valence-electron chi connectivity index (χ0n) is 14.5. The number of aryl methyl sites for hydroxylation is 1. The van der Waals surface area contributed by atoms with Crippen molar-refractivity contribution in [3.05, 3.63) is 23.3 Å². The van der Waals surface area contributed by atoms with Gasteiger partial charge in [0.15, 0.2) is 0 Å². The number of aliphatic hydroxyl groups is 3. The molecular formula is C17H24N4O3S. The molecule has 4 atom stereocenters. The summed E-state index contributed by atoms with van der Waals surface area (Å²) in [4.78, 5) is 8.62. The molecule has 136 valence electrons. The Morgan fingerprint density at radius 3 is 2.60 bits per heavy atom. The molecule has 7 nitrogen and oxygen atoms in total. The first-order valence-electron chi connectivity index (χ1n) is 8.20. The number of nitrogens with one attached hydrogen (secondary N) is 1. The normalized spacial score (nSPS) is 26.8. The molecule has 0 saturated heterocycles. The number of anilines is 2. The average molecular weight is 364 g/mol. The highest BCUT2D eigenvalue weighted by Crippen LogP contribution is 2.38. The van der Waals surface area contributed by atoms with E-state index in [0.717, 1.165) is 16.3 Å². The van der Waals surface area contributed by atoms with E-state index in [2.05, 4.69) is 15.3 Å². The molecule has 4 unspecified atom stereocenters. The van der Waals surface area contributed by atoms with Crippen molar-refractivity contribution in [2.45, 2.75) is 51.0 Å². The minimum atomic E-state index is -1.08. The summed E-state index contributed by atoms with van der Waals surface area (Å²) < 4.78 is 0. The Bertz CT molecular complexity index is 759. The van der Waals surface area contributed by atoms with Crippen LogP contribution in [0.25, 0.3) is 10.6 Å². The second-order valence-electron chi connectivity index (χ2n) is 7.18. The Morgan fingerprint density at radius 1 is 1.32 bits per heavy atom. The van der Waals surface area contributed by atoms with E-state index in [1.807, 2.05) is 12.3 Å². The van der Waals surface area contributed by atoms with Crippen molar-refractivity contribution in [3.8, 4) is 10.6 Å². The van der Waals surface area contributed by atoms with Gasteiger partial charge in [-0.3, -0.25) is 0 Å². The number of thiazole rings is 1. The van der Waals surface area contributed by atoms with Gasteiger partial charge in [-0.15, -0.1) is 11.3 Å². The Hall–Kier alpha value is -1.74. The number of pyridine rings is 1. The molecule has 3 rings (SSSR count). The van der Waals surface area contributed by atoms with Gasteiger partial charge < -0.3 is 26.4 Å². The van der Waals surface area contributed by atoms with Crippen LogP contribution in [0.3, 0.4) is 0 Å². The first-order chi connectivity index (χ1) is 11.7. The Balaban J connectivity index is 1.89. The van der Waals surface area contributed by atoms with Gasteiger partial charge in [-0.1, -0.05) is 0 Å². The largest absolute Gasteiger partial charge is 0.390 e. The molecule has 6 N–H and O–H groups in total. The molecule has 0 aliphatic heterocycles. The minimum Gasteiger partial charge on any atom is -0.390 e. The third-order valence-electron chi connectivity index (χ3n) is 4.71. The molecule has 0 radical (unpaired) electrons. The maximum Gasteiger partial charge on any atom is 0.127 e. The third-order valence-corrected chi connectivity index (χ3v) is 5.70. The summed E-state index contributed by atoms with van der Waals surface area (Å²) in [6.07, 6.45) is 0.102. The molecule has 1 aliphatic rings. The van der Waals surface area contributed by atoms with Crippen LogP contribution < -0.4 is 11.1 Å². The molecular weight excluding hydrogens is 340 g/mol. The van der Waals surface area contributed by atoms with Crippen molar-refractivity contribution < 1.29 is 15.3 Å². The summed E-state index contributed by atoms with van der Waals surface area (Å²) in [6.45, 7) is 5.21. The van der Waals surface area contributed by atoms with Crippen molar-refractivity contribution >= 4 is 22.8 Å². The minimum absolute atomic E-state index is 0.353. The van der Waals surface area contributed by atoms with Crippen LogP contribution in [0, 0.1) is 12.8 Å². The lowest BCUT2D eigenvalue weighted by Crippen LogP contribution is -2.40. The van der Waals surface area contributed by atoms with Gasteiger partial charge in [0.2, 0.25) is 0 Å². The van der Waals surface area contributed by atoms with E-state index in [1.165, 1.54) is 11.3 Å². The van der Waals surface area contributed by atoms with Gasteiger partial charge in [0.1, 0.15) is 16.9 Å². The highest BCUT2D eigenvalue weighted by atomic mass is 32.1. The van der Waals surface area contributed by atoms with Gasteiger partial charge in [-0.05, 0) is 27.2 Å². The van der Waals surface area contributed by atoms with E-state index >= 15 is 0 Å². The predicted molar refractivity (Wildman–Crippen MR) is 98.3 cm³/mol. The van der Waals surface area contributed by atoms with Crippen molar-refractivity contribution in [2.24, 2.45) is 5.92 Å². The van der Waals surface area contributed by atoms with Crippen molar-refractivity contribution in [1.82, 2.24) is 9.97 Å². The maximum absolute atomic E-state index is 10.4. The number of nitrogen functional groups attached to an aromatic ring is 1. The summed E-state index contributed by atoms with van der Waals surface area (Å²) in [5.74, 6) is -0.0728. The SMILES string of the molecule is Cc1csc(-c2cnc(N)cc2NC2CC(C(C)(C)O)C(O)C2O)n1. The number of nitrogens with two attached hydrogens (primary N) is 1. The molecule has 0 spiro atoms. The molecule has 0 aromatic carbocycles. The van der Waals surface area contributed by atoms with Crippen LogP contribution in [0.5, 0.6) is 0 Å². The molecule has 1 saturated carbocycles. The van der Waals surface area contributed by atoms with Crippen molar-refractivity contribution in [1.29, 1.82) is 0 Å². The molecule has 2 aromatic rings. The Kier molecular flexibility index (Phi) is 4.72. The van der Waals surface area contributed by atoms with Gasteiger partial charge in [0.05, 0.1) is 23.3 Å². The lowest BCUT2D eigenvalue weighted by Gasteiger charge is -2.28. The summed E-state index contributed by atoms with van der Waals surface area (Å²) in [7, 11) is 0. The first-order valence-corrected chi connectivity index (χ1v) is 9.08. The van der Waals surface area contributed by atoms with Crippen molar-refractivity contribution in [3.63, 3.8) is 0 Å². The zero-order valence-corrected chi connectivity index (χ0v) is 15.3. The number of hydrogen-bond acceptors (Lipinski definition) is 8. The van der Waals surface area contributed by atoms with E-state index in [4.69, 9.17) is 5.73 Å². The van der Waals surface area contributed by atoms with Crippen LogP contribution in [0.4, 0.5) is 11.5 Å². The Labute approximate surface area is 150 Å². The van der Waals surface area contributed by atoms with Gasteiger partial charge in [-0.2, -0.15) is 0 Å². The molecule has 25 heavy (non-hydrogen) atoms. The summed E-state index contributed by atoms with van der Waals surface area (Å²) in [5, 5.41) is 36.9. The number of rotatable bonds is 4. The summed E-state index contributed by atoms with van der Waals surface area (Å²) >= 11 is 1.50. The third kappa shape index (κ3) is 3.62. The monoisotopic (exact) mass is 364 g/mol. The molecule has 0 bridgehead atoms. The standard InChI is InChI=1S/C17H24N4O3S/c1-8-7-25-16(20-8)9-6-19-13(18)5-11(9)21-12-4-10(17(2,3)24)14(22)15(12)23/h5-7,10,12,14-15,22-24H,4H2,1-3H3,(H3,18,19,21). The highest BCUT2D eigenvalue weighted by Gasteiger charge is 2.47. The fourth-order valence-electron chi connectivity index (χ4n) is 3.32. The van der Waals surface area contributed by atoms with Crippen LogP contribution in [0.15, 0.2) is 17.6 Å². The van der Waals surface area contributed by atoms with Gasteiger partial charge in [0.25, 0.3) is 0 Å². The average Bonchev–Trinajstić information content (AvgIpc) is 3.06. The molecule has 1 aliphatic carbocycles. The van der Waals surface area contributed by atoms with Gasteiger partial charge in [0, 0.05) is 34.9 Å². The van der Waals surface area contributed by atoms with Gasteiger partial charge >= 0.3 is 0 Å². The predicted octanol–water partition coefficient (Wildman–Crippen LogP) is 1.39. The molecule has 1 fully saturated rings. The molecule has 8 heteroatoms. The fraction of sp³-hybridized carbons (Fsp3) is 0.529. The first kappa shape index (κ1) is 18.1. The maximum atomic E-state index is 10.4. The van der Waals surface area contributed by atoms with E-state index in [-0.39, 0.29) is 0 Å². The number of aromatic nitrogens is 2. The number of hydrogen-bond donors (Lipinski definition) is 5. The molecule has 0 amide bonds. The van der Waals surface area contributed by atoms with Crippen LogP contribution in [0.1, 0.15) is 26.0 Å². The second kappa shape index (κ2) is 6.53. The lowest BCUT2D eigenvalue weighted by molar-refractivity contribution is -0.0601.